The molecule has 33 heavy (non-hydrogen) atoms. The van der Waals surface area contributed by atoms with Gasteiger partial charge in [0, 0.05) is 50.0 Å². The van der Waals surface area contributed by atoms with Gasteiger partial charge >= 0.3 is 0 Å². The van der Waals surface area contributed by atoms with Crippen LogP contribution in [0.25, 0.3) is 21.3 Å². The second-order valence-corrected chi connectivity index (χ2v) is 9.50. The normalized spacial score (nSPS) is 14.8. The van der Waals surface area contributed by atoms with Gasteiger partial charge in [-0.3, -0.25) is 14.2 Å². The number of hydrogen-bond acceptors (Lipinski definition) is 6. The molecule has 8 nitrogen and oxygen atoms in total. The first kappa shape index (κ1) is 21.5. The van der Waals surface area contributed by atoms with Crippen molar-refractivity contribution in [3.63, 3.8) is 0 Å². The standard InChI is InChI=1S/C24H26N6O2S/c1-16-3-5-17(6-4-16)19-13-33-23-21(19)24(32)30(14-25-23)12-9-20(31)29-10-7-18(8-11-29)22-27-26-15-28(22)2/h3-6,13-15,18H,7-12H2,1-2H3. The summed E-state index contributed by atoms with van der Waals surface area (Å²) in [5.74, 6) is 1.38. The molecule has 9 heteroatoms. The fraction of sp³-hybridized carbons (Fsp3) is 0.375. The van der Waals surface area contributed by atoms with Crippen LogP contribution in [0, 0.1) is 6.92 Å². The van der Waals surface area contributed by atoms with Crippen molar-refractivity contribution in [3.05, 3.63) is 64.0 Å². The lowest BCUT2D eigenvalue weighted by Gasteiger charge is -2.31. The number of nitrogens with zero attached hydrogens (tertiary/aromatic N) is 6. The molecular weight excluding hydrogens is 436 g/mol. The van der Waals surface area contributed by atoms with Gasteiger partial charge in [-0.05, 0) is 25.3 Å². The molecule has 0 unspecified atom stereocenters. The van der Waals surface area contributed by atoms with Crippen LogP contribution in [0.3, 0.4) is 0 Å². The first-order valence-electron chi connectivity index (χ1n) is 11.2. The Morgan fingerprint density at radius 1 is 1.15 bits per heavy atom. The summed E-state index contributed by atoms with van der Waals surface area (Å²) < 4.78 is 3.52. The highest BCUT2D eigenvalue weighted by Gasteiger charge is 2.26. The number of benzene rings is 1. The van der Waals surface area contributed by atoms with E-state index in [4.69, 9.17) is 0 Å². The zero-order valence-corrected chi connectivity index (χ0v) is 19.6. The molecule has 4 aromatic rings. The zero-order chi connectivity index (χ0) is 22.9. The molecule has 0 bridgehead atoms. The van der Waals surface area contributed by atoms with Crippen LogP contribution in [0.4, 0.5) is 0 Å². The van der Waals surface area contributed by atoms with Crippen LogP contribution in [-0.4, -0.2) is 48.2 Å². The molecule has 0 atom stereocenters. The van der Waals surface area contributed by atoms with Gasteiger partial charge in [0.05, 0.1) is 11.7 Å². The highest BCUT2D eigenvalue weighted by molar-refractivity contribution is 7.17. The van der Waals surface area contributed by atoms with E-state index in [0.717, 1.165) is 34.6 Å². The number of piperidine rings is 1. The SMILES string of the molecule is Cc1ccc(-c2csc3ncn(CCC(=O)N4CCC(c5nncn5C)CC4)c(=O)c23)cc1. The lowest BCUT2D eigenvalue weighted by Crippen LogP contribution is -2.39. The van der Waals surface area contributed by atoms with Crippen LogP contribution in [0.15, 0.2) is 47.1 Å². The molecule has 1 fully saturated rings. The maximum Gasteiger partial charge on any atom is 0.262 e. The molecule has 170 valence electrons. The van der Waals surface area contributed by atoms with Crippen LogP contribution >= 0.6 is 11.3 Å². The van der Waals surface area contributed by atoms with E-state index in [1.165, 1.54) is 16.9 Å². The Labute approximate surface area is 195 Å². The highest BCUT2D eigenvalue weighted by Crippen LogP contribution is 2.31. The van der Waals surface area contributed by atoms with Gasteiger partial charge in [0.1, 0.15) is 17.0 Å². The Bertz CT molecular complexity index is 1350. The number of hydrogen-bond donors (Lipinski definition) is 0. The first-order valence-corrected chi connectivity index (χ1v) is 12.0. The minimum absolute atomic E-state index is 0.0717. The highest BCUT2D eigenvalue weighted by atomic mass is 32.1. The maximum atomic E-state index is 13.2. The van der Waals surface area contributed by atoms with Crippen molar-refractivity contribution in [2.24, 2.45) is 7.05 Å². The molecule has 1 aliphatic heterocycles. The van der Waals surface area contributed by atoms with E-state index >= 15 is 0 Å². The Kier molecular flexibility index (Phi) is 5.80. The zero-order valence-electron chi connectivity index (χ0n) is 18.8. The van der Waals surface area contributed by atoms with Crippen LogP contribution in [0.1, 0.15) is 36.6 Å². The number of likely N-dealkylation sites (tertiary alicyclic amines) is 1. The van der Waals surface area contributed by atoms with Crippen molar-refractivity contribution in [1.29, 1.82) is 0 Å². The van der Waals surface area contributed by atoms with Crippen molar-refractivity contribution < 1.29 is 4.79 Å². The summed E-state index contributed by atoms with van der Waals surface area (Å²) in [5.41, 5.74) is 2.99. The van der Waals surface area contributed by atoms with E-state index in [1.807, 2.05) is 53.1 Å². The summed E-state index contributed by atoms with van der Waals surface area (Å²) in [5, 5.41) is 10.8. The average molecular weight is 463 g/mol. The second kappa shape index (κ2) is 8.90. The maximum absolute atomic E-state index is 13.2. The largest absolute Gasteiger partial charge is 0.343 e. The van der Waals surface area contributed by atoms with Gasteiger partial charge in [-0.15, -0.1) is 21.5 Å². The summed E-state index contributed by atoms with van der Waals surface area (Å²) in [7, 11) is 1.95. The lowest BCUT2D eigenvalue weighted by atomic mass is 9.96. The minimum atomic E-state index is -0.0920. The molecule has 0 saturated carbocycles. The third-order valence-corrected chi connectivity index (χ3v) is 7.34. The molecule has 5 rings (SSSR count). The van der Waals surface area contributed by atoms with Crippen molar-refractivity contribution in [2.75, 3.05) is 13.1 Å². The summed E-state index contributed by atoms with van der Waals surface area (Å²) in [4.78, 5) is 33.2. The Hall–Kier alpha value is -3.33. The minimum Gasteiger partial charge on any atom is -0.343 e. The van der Waals surface area contributed by atoms with Crippen LogP contribution in [0.2, 0.25) is 0 Å². The quantitative estimate of drug-likeness (QED) is 0.454. The molecule has 1 amide bonds. The topological polar surface area (TPSA) is 85.9 Å². The predicted molar refractivity (Wildman–Crippen MR) is 128 cm³/mol. The average Bonchev–Trinajstić information content (AvgIpc) is 3.46. The van der Waals surface area contributed by atoms with Crippen molar-refractivity contribution in [3.8, 4) is 11.1 Å². The Morgan fingerprint density at radius 2 is 1.91 bits per heavy atom. The Morgan fingerprint density at radius 3 is 2.61 bits per heavy atom. The van der Waals surface area contributed by atoms with E-state index in [-0.39, 0.29) is 17.9 Å². The number of carbonyl (C=O) groups excluding carboxylic acids is 1. The van der Waals surface area contributed by atoms with E-state index < -0.39 is 0 Å². The fourth-order valence-corrected chi connectivity index (χ4v) is 5.40. The van der Waals surface area contributed by atoms with E-state index in [1.54, 1.807) is 17.2 Å². The number of rotatable bonds is 5. The van der Waals surface area contributed by atoms with Crippen molar-refractivity contribution >= 4 is 27.5 Å². The van der Waals surface area contributed by atoms with E-state index in [9.17, 15) is 9.59 Å². The number of aromatic nitrogens is 5. The number of fused-ring (bicyclic) bond motifs is 1. The number of carbonyl (C=O) groups is 1. The van der Waals surface area contributed by atoms with Gasteiger partial charge in [-0.1, -0.05) is 29.8 Å². The van der Waals surface area contributed by atoms with Crippen molar-refractivity contribution in [1.82, 2.24) is 29.2 Å². The van der Waals surface area contributed by atoms with Gasteiger partial charge in [0.15, 0.2) is 0 Å². The van der Waals surface area contributed by atoms with Gasteiger partial charge < -0.3 is 9.47 Å². The van der Waals surface area contributed by atoms with Gasteiger partial charge in [-0.25, -0.2) is 4.98 Å². The van der Waals surface area contributed by atoms with Gasteiger partial charge in [0.25, 0.3) is 5.56 Å². The summed E-state index contributed by atoms with van der Waals surface area (Å²) in [6.45, 7) is 3.77. The predicted octanol–water partition coefficient (Wildman–Crippen LogP) is 3.36. The third kappa shape index (κ3) is 4.20. The first-order chi connectivity index (χ1) is 16.0. The van der Waals surface area contributed by atoms with Gasteiger partial charge in [-0.2, -0.15) is 0 Å². The molecule has 0 aliphatic carbocycles. The van der Waals surface area contributed by atoms with Crippen molar-refractivity contribution in [2.45, 2.75) is 38.6 Å². The molecular formula is C24H26N6O2S. The molecule has 0 radical (unpaired) electrons. The Balaban J connectivity index is 1.27. The summed E-state index contributed by atoms with van der Waals surface area (Å²) in [6, 6.07) is 8.14. The second-order valence-electron chi connectivity index (χ2n) is 8.64. The molecule has 3 aromatic heterocycles. The monoisotopic (exact) mass is 462 g/mol. The molecule has 1 aliphatic rings. The molecule has 4 heterocycles. The van der Waals surface area contributed by atoms with Crippen LogP contribution < -0.4 is 5.56 Å². The lowest BCUT2D eigenvalue weighted by molar-refractivity contribution is -0.132. The number of thiophene rings is 1. The van der Waals surface area contributed by atoms with Gasteiger partial charge in [0.2, 0.25) is 5.91 Å². The number of amides is 1. The summed E-state index contributed by atoms with van der Waals surface area (Å²) >= 11 is 1.47. The van der Waals surface area contributed by atoms with E-state index in [0.29, 0.717) is 30.9 Å². The van der Waals surface area contributed by atoms with Crippen LogP contribution in [-0.2, 0) is 18.4 Å². The smallest absolute Gasteiger partial charge is 0.262 e. The molecule has 0 N–H and O–H groups in total. The summed E-state index contributed by atoms with van der Waals surface area (Å²) in [6.07, 6.45) is 5.31. The molecule has 1 aromatic carbocycles. The number of aryl methyl sites for hydroxylation is 3. The molecule has 1 saturated heterocycles. The van der Waals surface area contributed by atoms with Crippen LogP contribution in [0.5, 0.6) is 0 Å². The third-order valence-electron chi connectivity index (χ3n) is 6.45. The molecule has 0 spiro atoms. The fourth-order valence-electron chi connectivity index (χ4n) is 4.50. The van der Waals surface area contributed by atoms with E-state index in [2.05, 4.69) is 15.2 Å².